The lowest BCUT2D eigenvalue weighted by Crippen LogP contribution is -2.47. The van der Waals surface area contributed by atoms with E-state index in [1.807, 2.05) is 0 Å². The Morgan fingerprint density at radius 3 is 2.12 bits per heavy atom. The average molecular weight is 461 g/mol. The zero-order valence-corrected chi connectivity index (χ0v) is 16.7. The number of nitrogen functional groups attached to an aromatic ring is 1. The summed E-state index contributed by atoms with van der Waals surface area (Å²) in [4.78, 5) is -0.00553. The summed E-state index contributed by atoms with van der Waals surface area (Å²) in [5.74, 6) is -0.923. The van der Waals surface area contributed by atoms with Crippen LogP contribution in [0.1, 0.15) is 0 Å². The van der Waals surface area contributed by atoms with Gasteiger partial charge in [0.15, 0.2) is 9.84 Å². The highest BCUT2D eigenvalue weighted by molar-refractivity contribution is 9.10. The summed E-state index contributed by atoms with van der Waals surface area (Å²) >= 11 is 3.25. The van der Waals surface area contributed by atoms with Crippen LogP contribution in [-0.4, -0.2) is 45.6 Å². The van der Waals surface area contributed by atoms with Crippen LogP contribution in [0.25, 0.3) is 0 Å². The molecule has 1 aliphatic heterocycles. The number of halogens is 1. The Kier molecular flexibility index (Phi) is 5.04. The van der Waals surface area contributed by atoms with Crippen LogP contribution in [0.5, 0.6) is 0 Å². The minimum Gasteiger partial charge on any atom is -0.399 e. The molecule has 0 amide bonds. The molecule has 3 N–H and O–H groups in total. The van der Waals surface area contributed by atoms with Gasteiger partial charge in [-0.15, -0.1) is 0 Å². The van der Waals surface area contributed by atoms with E-state index in [0.29, 0.717) is 10.2 Å². The molecule has 26 heavy (non-hydrogen) atoms. The Balaban J connectivity index is 2.14. The summed E-state index contributed by atoms with van der Waals surface area (Å²) < 4.78 is 52.1. The molecule has 1 heterocycles. The van der Waals surface area contributed by atoms with Gasteiger partial charge >= 0.3 is 0 Å². The molecule has 2 aromatic carbocycles. The highest BCUT2D eigenvalue weighted by Crippen LogP contribution is 2.32. The van der Waals surface area contributed by atoms with Crippen LogP contribution in [0.15, 0.2) is 57.9 Å². The van der Waals surface area contributed by atoms with E-state index in [0.717, 1.165) is 4.31 Å². The minimum atomic E-state index is -4.10. The molecule has 1 fully saturated rings. The Morgan fingerprint density at radius 2 is 1.62 bits per heavy atom. The van der Waals surface area contributed by atoms with Gasteiger partial charge in [-0.3, -0.25) is 4.31 Å². The van der Waals surface area contributed by atoms with Gasteiger partial charge in [-0.1, -0.05) is 15.9 Å². The number of rotatable bonds is 4. The fraction of sp³-hybridized carbons (Fsp3) is 0.250. The third-order valence-corrected chi connectivity index (χ3v) is 8.21. The Labute approximate surface area is 160 Å². The van der Waals surface area contributed by atoms with E-state index in [-0.39, 0.29) is 10.6 Å². The van der Waals surface area contributed by atoms with Gasteiger partial charge in [-0.2, -0.15) is 0 Å². The van der Waals surface area contributed by atoms with Gasteiger partial charge in [-0.05, 0) is 48.5 Å². The van der Waals surface area contributed by atoms with Crippen molar-refractivity contribution in [3.05, 3.63) is 53.0 Å². The number of anilines is 2. The Hall–Kier alpha value is -1.62. The van der Waals surface area contributed by atoms with Crippen molar-refractivity contribution in [1.82, 2.24) is 0 Å². The van der Waals surface area contributed by atoms with Gasteiger partial charge in [0, 0.05) is 10.2 Å². The number of aliphatic hydroxyl groups is 1. The van der Waals surface area contributed by atoms with Crippen molar-refractivity contribution in [2.75, 3.05) is 21.5 Å². The molecule has 3 rings (SSSR count). The predicted molar refractivity (Wildman–Crippen MR) is 103 cm³/mol. The SMILES string of the molecule is Nc1ccc(N([C@H]2CS(=O)(=O)C[C@@H]2O)S(=O)(=O)c2ccc(Br)cc2)cc1. The van der Waals surface area contributed by atoms with Crippen molar-refractivity contribution in [1.29, 1.82) is 0 Å². The van der Waals surface area contributed by atoms with Gasteiger partial charge in [0.1, 0.15) is 0 Å². The van der Waals surface area contributed by atoms with Gasteiger partial charge in [0.25, 0.3) is 10.0 Å². The van der Waals surface area contributed by atoms with E-state index in [1.165, 1.54) is 36.4 Å². The van der Waals surface area contributed by atoms with E-state index in [4.69, 9.17) is 5.73 Å². The number of benzene rings is 2. The molecule has 0 aromatic heterocycles. The Bertz CT molecular complexity index is 1010. The summed E-state index contributed by atoms with van der Waals surface area (Å²) in [6.45, 7) is 0. The normalized spacial score (nSPS) is 22.2. The molecule has 7 nitrogen and oxygen atoms in total. The largest absolute Gasteiger partial charge is 0.399 e. The highest BCUT2D eigenvalue weighted by atomic mass is 79.9. The second-order valence-electron chi connectivity index (χ2n) is 6.06. The quantitative estimate of drug-likeness (QED) is 0.665. The number of nitrogens with two attached hydrogens (primary N) is 1. The number of hydrogen-bond acceptors (Lipinski definition) is 6. The first-order valence-electron chi connectivity index (χ1n) is 7.64. The molecule has 0 spiro atoms. The minimum absolute atomic E-state index is 0.00553. The summed E-state index contributed by atoms with van der Waals surface area (Å²) in [7, 11) is -7.65. The van der Waals surface area contributed by atoms with Crippen molar-refractivity contribution >= 4 is 47.2 Å². The molecule has 1 saturated heterocycles. The summed E-state index contributed by atoms with van der Waals surface area (Å²) in [5.41, 5.74) is 6.35. The van der Waals surface area contributed by atoms with E-state index in [2.05, 4.69) is 15.9 Å². The first-order chi connectivity index (χ1) is 12.1. The molecule has 0 bridgehead atoms. The van der Waals surface area contributed by atoms with Crippen LogP contribution in [0.3, 0.4) is 0 Å². The molecular weight excluding hydrogens is 444 g/mol. The standard InChI is InChI=1S/C16H17BrN2O5S2/c17-11-1-7-14(8-2-11)26(23,24)19(13-5-3-12(18)4-6-13)15-9-25(21,22)10-16(15)20/h1-8,15-16,20H,9-10,18H2/t15-,16-/m0/s1. The van der Waals surface area contributed by atoms with E-state index in [9.17, 15) is 21.9 Å². The monoisotopic (exact) mass is 460 g/mol. The van der Waals surface area contributed by atoms with Crippen LogP contribution in [-0.2, 0) is 19.9 Å². The van der Waals surface area contributed by atoms with Crippen LogP contribution in [0, 0.1) is 0 Å². The third kappa shape index (κ3) is 3.73. The number of sulfone groups is 1. The van der Waals surface area contributed by atoms with Crippen molar-refractivity contribution < 1.29 is 21.9 Å². The highest BCUT2D eigenvalue weighted by Gasteiger charge is 2.45. The first-order valence-corrected chi connectivity index (χ1v) is 11.7. The van der Waals surface area contributed by atoms with Crippen LogP contribution in [0.2, 0.25) is 0 Å². The fourth-order valence-electron chi connectivity index (χ4n) is 2.88. The van der Waals surface area contributed by atoms with Gasteiger partial charge < -0.3 is 10.8 Å². The van der Waals surface area contributed by atoms with E-state index in [1.54, 1.807) is 12.1 Å². The smallest absolute Gasteiger partial charge is 0.264 e. The molecule has 0 aliphatic carbocycles. The molecule has 0 unspecified atom stereocenters. The van der Waals surface area contributed by atoms with Gasteiger partial charge in [-0.25, -0.2) is 16.8 Å². The predicted octanol–water partition coefficient (Wildman–Crippen LogP) is 1.38. The van der Waals surface area contributed by atoms with Gasteiger partial charge in [0.2, 0.25) is 0 Å². The Morgan fingerprint density at radius 1 is 1.04 bits per heavy atom. The summed E-state index contributed by atoms with van der Waals surface area (Å²) in [6, 6.07) is 10.9. The number of nitrogens with zero attached hydrogens (tertiary/aromatic N) is 1. The van der Waals surface area contributed by atoms with Crippen molar-refractivity contribution in [2.24, 2.45) is 0 Å². The zero-order valence-electron chi connectivity index (χ0n) is 13.5. The topological polar surface area (TPSA) is 118 Å². The molecule has 2 aromatic rings. The molecule has 140 valence electrons. The molecule has 0 saturated carbocycles. The van der Waals surface area contributed by atoms with Crippen LogP contribution >= 0.6 is 15.9 Å². The van der Waals surface area contributed by atoms with Crippen molar-refractivity contribution in [2.45, 2.75) is 17.0 Å². The summed E-state index contributed by atoms with van der Waals surface area (Å²) in [6.07, 6.45) is -1.32. The van der Waals surface area contributed by atoms with Gasteiger partial charge in [0.05, 0.1) is 34.2 Å². The zero-order chi connectivity index (χ0) is 19.1. The fourth-order valence-corrected chi connectivity index (χ4v) is 6.69. The number of aliphatic hydroxyl groups excluding tert-OH is 1. The number of sulfonamides is 1. The maximum absolute atomic E-state index is 13.2. The lowest BCUT2D eigenvalue weighted by atomic mass is 10.2. The second-order valence-corrected chi connectivity index (χ2v) is 10.9. The molecule has 1 aliphatic rings. The van der Waals surface area contributed by atoms with Crippen LogP contribution in [0.4, 0.5) is 11.4 Å². The molecular formula is C16H17BrN2O5S2. The maximum Gasteiger partial charge on any atom is 0.264 e. The van der Waals surface area contributed by atoms with Crippen molar-refractivity contribution in [3.63, 3.8) is 0 Å². The average Bonchev–Trinajstić information content (AvgIpc) is 2.82. The van der Waals surface area contributed by atoms with Crippen molar-refractivity contribution in [3.8, 4) is 0 Å². The maximum atomic E-state index is 13.2. The van der Waals surface area contributed by atoms with E-state index < -0.39 is 43.5 Å². The molecule has 2 atom stereocenters. The third-order valence-electron chi connectivity index (χ3n) is 4.11. The molecule has 10 heteroatoms. The van der Waals surface area contributed by atoms with E-state index >= 15 is 0 Å². The lowest BCUT2D eigenvalue weighted by molar-refractivity contribution is 0.184. The first kappa shape index (κ1) is 19.2. The second kappa shape index (κ2) is 6.84. The lowest BCUT2D eigenvalue weighted by Gasteiger charge is -2.31. The van der Waals surface area contributed by atoms with Crippen LogP contribution < -0.4 is 10.0 Å². The molecule has 0 radical (unpaired) electrons. The number of hydrogen-bond donors (Lipinski definition) is 2. The summed E-state index contributed by atoms with van der Waals surface area (Å²) in [5, 5.41) is 10.2.